The average Bonchev–Trinajstić information content (AvgIpc) is 3.21. The number of carbonyl (C=O) groups is 2. The molecule has 2 fully saturated rings. The molecule has 0 atom stereocenters. The van der Waals surface area contributed by atoms with Crippen LogP contribution in [0, 0.1) is 17.2 Å². The zero-order chi connectivity index (χ0) is 25.7. The normalized spacial score (nSPS) is 22.4. The van der Waals surface area contributed by atoms with Crippen LogP contribution in [0.1, 0.15) is 41.6 Å². The van der Waals surface area contributed by atoms with Crippen molar-refractivity contribution in [3.8, 4) is 11.1 Å². The van der Waals surface area contributed by atoms with Crippen LogP contribution in [0.25, 0.3) is 22.0 Å². The quantitative estimate of drug-likeness (QED) is 0.332. The highest BCUT2D eigenvalue weighted by Gasteiger charge is 2.55. The molecule has 6 nitrogen and oxygen atoms in total. The van der Waals surface area contributed by atoms with E-state index in [1.807, 2.05) is 36.4 Å². The van der Waals surface area contributed by atoms with Gasteiger partial charge in [0.1, 0.15) is 5.82 Å². The van der Waals surface area contributed by atoms with E-state index in [0.717, 1.165) is 29.4 Å². The summed E-state index contributed by atoms with van der Waals surface area (Å²) in [6.45, 7) is 0.292. The second-order valence-electron chi connectivity index (χ2n) is 10.4. The Morgan fingerprint density at radius 1 is 1.08 bits per heavy atom. The Morgan fingerprint density at radius 2 is 1.84 bits per heavy atom. The van der Waals surface area contributed by atoms with Gasteiger partial charge < -0.3 is 10.4 Å². The molecule has 3 aromatic carbocycles. The lowest BCUT2D eigenvalue weighted by Gasteiger charge is -2.56. The minimum absolute atomic E-state index is 0.00674. The second-order valence-corrected chi connectivity index (χ2v) is 10.8. The number of nitrogens with zero attached hydrogens (tertiary/aromatic N) is 2. The van der Waals surface area contributed by atoms with Crippen molar-refractivity contribution in [2.45, 2.75) is 38.3 Å². The van der Waals surface area contributed by atoms with Gasteiger partial charge in [-0.25, -0.2) is 4.39 Å². The number of amides is 1. The molecule has 1 aromatic heterocycles. The Hall–Kier alpha value is -3.71. The van der Waals surface area contributed by atoms with Gasteiger partial charge in [0.2, 0.25) is 0 Å². The number of nitrogens with one attached hydrogen (secondary N) is 1. The van der Waals surface area contributed by atoms with Crippen molar-refractivity contribution in [2.75, 3.05) is 0 Å². The average molecular weight is 518 g/mol. The molecular formula is C29H25ClFN3O3. The lowest BCUT2D eigenvalue weighted by molar-refractivity contribution is -0.155. The fourth-order valence-corrected chi connectivity index (χ4v) is 6.24. The zero-order valence-electron chi connectivity index (χ0n) is 20.0. The topological polar surface area (TPSA) is 84.2 Å². The summed E-state index contributed by atoms with van der Waals surface area (Å²) >= 11 is 6.32. The molecule has 0 unspecified atom stereocenters. The molecule has 188 valence electrons. The van der Waals surface area contributed by atoms with Gasteiger partial charge in [0.15, 0.2) is 0 Å². The van der Waals surface area contributed by atoms with Crippen molar-refractivity contribution in [3.63, 3.8) is 0 Å². The summed E-state index contributed by atoms with van der Waals surface area (Å²) < 4.78 is 16.6. The van der Waals surface area contributed by atoms with Crippen LogP contribution >= 0.6 is 11.6 Å². The number of carboxylic acids is 1. The van der Waals surface area contributed by atoms with Crippen molar-refractivity contribution in [1.82, 2.24) is 15.1 Å². The van der Waals surface area contributed by atoms with Crippen LogP contribution in [-0.4, -0.2) is 32.8 Å². The number of halogens is 2. The molecule has 0 bridgehead atoms. The first-order chi connectivity index (χ1) is 17.8. The maximum atomic E-state index is 14.9. The van der Waals surface area contributed by atoms with E-state index in [9.17, 15) is 14.0 Å². The van der Waals surface area contributed by atoms with E-state index in [1.165, 1.54) is 6.07 Å². The van der Waals surface area contributed by atoms with E-state index in [0.29, 0.717) is 41.1 Å². The number of rotatable bonds is 6. The summed E-state index contributed by atoms with van der Waals surface area (Å²) in [5.41, 5.74) is 3.17. The van der Waals surface area contributed by atoms with Gasteiger partial charge in [0.05, 0.1) is 29.7 Å². The molecule has 1 heterocycles. The van der Waals surface area contributed by atoms with Gasteiger partial charge in [-0.1, -0.05) is 54.1 Å². The predicted octanol–water partition coefficient (Wildman–Crippen LogP) is 5.92. The summed E-state index contributed by atoms with van der Waals surface area (Å²) in [6, 6.07) is 17.9. The summed E-state index contributed by atoms with van der Waals surface area (Å²) in [7, 11) is 0. The van der Waals surface area contributed by atoms with Crippen LogP contribution in [0.5, 0.6) is 0 Å². The summed E-state index contributed by atoms with van der Waals surface area (Å²) in [5, 5.41) is 17.9. The summed E-state index contributed by atoms with van der Waals surface area (Å²) in [5.74, 6) is -1.55. The molecule has 0 aliphatic heterocycles. The van der Waals surface area contributed by atoms with Crippen molar-refractivity contribution >= 4 is 34.4 Å². The number of hydrogen-bond acceptors (Lipinski definition) is 3. The first kappa shape index (κ1) is 23.7. The van der Waals surface area contributed by atoms with Crippen molar-refractivity contribution < 1.29 is 19.1 Å². The summed E-state index contributed by atoms with van der Waals surface area (Å²) in [6.07, 6.45) is 4.60. The zero-order valence-corrected chi connectivity index (χ0v) is 20.7. The number of carboxylic acid groups (broad SMARTS) is 1. The van der Waals surface area contributed by atoms with E-state index < -0.39 is 5.97 Å². The maximum absolute atomic E-state index is 14.9. The largest absolute Gasteiger partial charge is 0.481 e. The highest BCUT2D eigenvalue weighted by Crippen LogP contribution is 2.58. The number of benzene rings is 3. The first-order valence-electron chi connectivity index (χ1n) is 12.3. The van der Waals surface area contributed by atoms with Crippen LogP contribution < -0.4 is 5.32 Å². The van der Waals surface area contributed by atoms with Crippen LogP contribution in [0.3, 0.4) is 0 Å². The van der Waals surface area contributed by atoms with Gasteiger partial charge in [-0.05, 0) is 60.4 Å². The highest BCUT2D eigenvalue weighted by atomic mass is 35.5. The lowest BCUT2D eigenvalue weighted by Crippen LogP contribution is -2.57. The molecule has 8 heteroatoms. The Kier molecular flexibility index (Phi) is 5.75. The SMILES string of the molecule is O=C(NC1CC2(C1)CC(C(=O)O)C2)c1cc(Cl)cc2cnn(Cc3ccc(-c4ccccc4)c(F)c3)c12. The molecular weight excluding hydrogens is 493 g/mol. The number of aliphatic carboxylic acids is 1. The third kappa shape index (κ3) is 4.37. The molecule has 2 aliphatic carbocycles. The fourth-order valence-electron chi connectivity index (χ4n) is 6.02. The van der Waals surface area contributed by atoms with E-state index in [4.69, 9.17) is 16.7 Å². The van der Waals surface area contributed by atoms with Gasteiger partial charge >= 0.3 is 5.97 Å². The third-order valence-corrected chi connectivity index (χ3v) is 8.01. The Bertz CT molecular complexity index is 1520. The van der Waals surface area contributed by atoms with Crippen LogP contribution in [0.4, 0.5) is 4.39 Å². The van der Waals surface area contributed by atoms with Gasteiger partial charge in [-0.3, -0.25) is 14.3 Å². The number of carbonyl (C=O) groups excluding carboxylic acids is 1. The van der Waals surface area contributed by atoms with Crippen LogP contribution in [0.15, 0.2) is 66.9 Å². The van der Waals surface area contributed by atoms with Gasteiger partial charge in [0.25, 0.3) is 5.91 Å². The molecule has 6 rings (SSSR count). The minimum atomic E-state index is -0.734. The predicted molar refractivity (Wildman–Crippen MR) is 139 cm³/mol. The molecule has 1 spiro atoms. The number of aromatic nitrogens is 2. The van der Waals surface area contributed by atoms with Crippen molar-refractivity contribution in [2.24, 2.45) is 11.3 Å². The Balaban J connectivity index is 1.21. The first-order valence-corrected chi connectivity index (χ1v) is 12.7. The molecule has 2 saturated carbocycles. The third-order valence-electron chi connectivity index (χ3n) is 7.80. The van der Waals surface area contributed by atoms with Gasteiger partial charge in [0, 0.05) is 22.0 Å². The van der Waals surface area contributed by atoms with E-state index in [-0.39, 0.29) is 29.1 Å². The fraction of sp³-hybridized carbons (Fsp3) is 0.276. The molecule has 0 saturated heterocycles. The lowest BCUT2D eigenvalue weighted by atomic mass is 9.50. The molecule has 2 aliphatic rings. The molecule has 1 amide bonds. The van der Waals surface area contributed by atoms with E-state index in [1.54, 1.807) is 29.1 Å². The smallest absolute Gasteiger partial charge is 0.306 e. The van der Waals surface area contributed by atoms with Crippen LogP contribution in [0.2, 0.25) is 5.02 Å². The molecule has 37 heavy (non-hydrogen) atoms. The minimum Gasteiger partial charge on any atom is -0.481 e. The number of fused-ring (bicyclic) bond motifs is 1. The Labute approximate surface area is 218 Å². The maximum Gasteiger partial charge on any atom is 0.306 e. The van der Waals surface area contributed by atoms with Crippen molar-refractivity contribution in [3.05, 3.63) is 88.8 Å². The molecule has 0 radical (unpaired) electrons. The highest BCUT2D eigenvalue weighted by molar-refractivity contribution is 6.32. The van der Waals surface area contributed by atoms with Gasteiger partial charge in [-0.2, -0.15) is 5.10 Å². The summed E-state index contributed by atoms with van der Waals surface area (Å²) in [4.78, 5) is 24.4. The standard InChI is InChI=1S/C29H25ClFN3O3/c30-21-9-19-15-32-34(16-17-6-7-23(25(31)8-17)18-4-2-1-3-5-18)26(19)24(10-21)27(35)33-22-13-29(14-22)11-20(12-29)28(36)37/h1-10,15,20,22H,11-14,16H2,(H,33,35)(H,36,37). The van der Waals surface area contributed by atoms with E-state index in [2.05, 4.69) is 10.4 Å². The second kappa shape index (κ2) is 8.99. The Morgan fingerprint density at radius 3 is 2.54 bits per heavy atom. The van der Waals surface area contributed by atoms with E-state index >= 15 is 0 Å². The van der Waals surface area contributed by atoms with Gasteiger partial charge in [-0.15, -0.1) is 0 Å². The number of hydrogen-bond donors (Lipinski definition) is 2. The van der Waals surface area contributed by atoms with Crippen LogP contribution in [-0.2, 0) is 11.3 Å². The molecule has 4 aromatic rings. The van der Waals surface area contributed by atoms with Crippen molar-refractivity contribution in [1.29, 1.82) is 0 Å². The molecule has 2 N–H and O–H groups in total. The monoisotopic (exact) mass is 517 g/mol.